The molecule has 1 saturated heterocycles. The molecule has 3 aromatic rings. The number of hydrogen-bond acceptors (Lipinski definition) is 4. The van der Waals surface area contributed by atoms with Crippen molar-refractivity contribution in [1.82, 2.24) is 9.97 Å². The van der Waals surface area contributed by atoms with E-state index >= 15 is 0 Å². The Bertz CT molecular complexity index is 1040. The summed E-state index contributed by atoms with van der Waals surface area (Å²) in [6.07, 6.45) is 3.43. The average molecular weight is 465 g/mol. The van der Waals surface area contributed by atoms with Crippen LogP contribution >= 0.6 is 15.9 Å². The Kier molecular flexibility index (Phi) is 6.13. The van der Waals surface area contributed by atoms with Gasteiger partial charge in [0.05, 0.1) is 0 Å². The molecule has 2 heterocycles. The number of carbonyl (C=O) groups is 1. The Hall–Kier alpha value is -2.73. The van der Waals surface area contributed by atoms with E-state index < -0.39 is 0 Å². The van der Waals surface area contributed by atoms with Crippen molar-refractivity contribution in [3.63, 3.8) is 0 Å². The number of aromatic nitrogens is 2. The smallest absolute Gasteiger partial charge is 0.227 e. The molecule has 2 aromatic carbocycles. The molecule has 0 spiro atoms. The zero-order valence-electron chi connectivity index (χ0n) is 17.2. The van der Waals surface area contributed by atoms with Gasteiger partial charge in [-0.15, -0.1) is 0 Å². The summed E-state index contributed by atoms with van der Waals surface area (Å²) in [6.45, 7) is 5.70. The lowest BCUT2D eigenvalue weighted by molar-refractivity contribution is -0.120. The Labute approximate surface area is 185 Å². The molecule has 0 bridgehead atoms. The predicted molar refractivity (Wildman–Crippen MR) is 125 cm³/mol. The van der Waals surface area contributed by atoms with Crippen LogP contribution < -0.4 is 10.2 Å². The second-order valence-corrected chi connectivity index (χ2v) is 8.67. The van der Waals surface area contributed by atoms with Crippen LogP contribution in [0.3, 0.4) is 0 Å². The van der Waals surface area contributed by atoms with Crippen molar-refractivity contribution in [2.45, 2.75) is 26.7 Å². The van der Waals surface area contributed by atoms with Gasteiger partial charge in [-0.2, -0.15) is 0 Å². The molecule has 1 N–H and O–H groups in total. The van der Waals surface area contributed by atoms with Gasteiger partial charge in [-0.1, -0.05) is 45.8 Å². The van der Waals surface area contributed by atoms with Crippen LogP contribution in [0, 0.1) is 19.8 Å². The molecule has 0 radical (unpaired) electrons. The molecular formula is C24H25BrN4O. The molecule has 1 aliphatic heterocycles. The minimum atomic E-state index is 0.0172. The zero-order chi connectivity index (χ0) is 21.1. The number of amides is 1. The van der Waals surface area contributed by atoms with Gasteiger partial charge in [0, 0.05) is 40.9 Å². The maximum absolute atomic E-state index is 12.7. The van der Waals surface area contributed by atoms with Crippen LogP contribution in [0.5, 0.6) is 0 Å². The number of rotatable bonds is 4. The van der Waals surface area contributed by atoms with Crippen LogP contribution in [0.2, 0.25) is 0 Å². The molecular weight excluding hydrogens is 440 g/mol. The monoisotopic (exact) mass is 464 g/mol. The Morgan fingerprint density at radius 3 is 2.50 bits per heavy atom. The van der Waals surface area contributed by atoms with E-state index in [-0.39, 0.29) is 11.8 Å². The van der Waals surface area contributed by atoms with E-state index in [1.165, 1.54) is 5.56 Å². The fourth-order valence-corrected chi connectivity index (χ4v) is 3.95. The van der Waals surface area contributed by atoms with Gasteiger partial charge in [0.25, 0.3) is 0 Å². The fraction of sp³-hybridized carbons (Fsp3) is 0.292. The van der Waals surface area contributed by atoms with Gasteiger partial charge in [0.1, 0.15) is 5.82 Å². The molecule has 0 atom stereocenters. The van der Waals surface area contributed by atoms with Crippen LogP contribution in [0.15, 0.2) is 59.2 Å². The van der Waals surface area contributed by atoms with Gasteiger partial charge in [0.15, 0.2) is 5.82 Å². The number of piperidine rings is 1. The summed E-state index contributed by atoms with van der Waals surface area (Å²) in [5, 5.41) is 3.07. The quantitative estimate of drug-likeness (QED) is 0.562. The summed E-state index contributed by atoms with van der Waals surface area (Å²) in [7, 11) is 0. The molecule has 0 aliphatic carbocycles. The van der Waals surface area contributed by atoms with E-state index in [0.29, 0.717) is 0 Å². The van der Waals surface area contributed by atoms with Gasteiger partial charge < -0.3 is 10.2 Å². The minimum Gasteiger partial charge on any atom is -0.356 e. The standard InChI is InChI=1S/C24H25BrN4O/c1-16-3-5-18(6-4-16)23-26-12-9-22(28-23)29-13-10-19(11-14-29)24(30)27-20-7-8-21(25)17(2)15-20/h3-9,12,15,19H,10-11,13-14H2,1-2H3,(H,27,30). The van der Waals surface area contributed by atoms with E-state index in [1.807, 2.05) is 37.4 Å². The topological polar surface area (TPSA) is 58.1 Å². The molecule has 6 heteroatoms. The molecule has 1 fully saturated rings. The summed E-state index contributed by atoms with van der Waals surface area (Å²) in [5.41, 5.74) is 4.19. The third-order valence-corrected chi connectivity index (χ3v) is 6.46. The number of nitrogens with zero attached hydrogens (tertiary/aromatic N) is 3. The molecule has 0 saturated carbocycles. The van der Waals surface area contributed by atoms with Crippen LogP contribution in [-0.4, -0.2) is 29.0 Å². The molecule has 154 valence electrons. The normalized spacial score (nSPS) is 14.6. The summed E-state index contributed by atoms with van der Waals surface area (Å²) in [4.78, 5) is 24.1. The second-order valence-electron chi connectivity index (χ2n) is 7.82. The molecule has 1 aromatic heterocycles. The lowest BCUT2D eigenvalue weighted by atomic mass is 9.95. The van der Waals surface area contributed by atoms with Gasteiger partial charge in [-0.3, -0.25) is 4.79 Å². The first kappa shape index (κ1) is 20.5. The number of halogens is 1. The average Bonchev–Trinajstić information content (AvgIpc) is 2.77. The number of aryl methyl sites for hydroxylation is 2. The highest BCUT2D eigenvalue weighted by molar-refractivity contribution is 9.10. The second kappa shape index (κ2) is 8.96. The van der Waals surface area contributed by atoms with Crippen LogP contribution in [0.1, 0.15) is 24.0 Å². The van der Waals surface area contributed by atoms with Crippen molar-refractivity contribution in [3.8, 4) is 11.4 Å². The first-order valence-corrected chi connectivity index (χ1v) is 11.0. The van der Waals surface area contributed by atoms with E-state index in [4.69, 9.17) is 4.98 Å². The van der Waals surface area contributed by atoms with Crippen molar-refractivity contribution < 1.29 is 4.79 Å². The Balaban J connectivity index is 1.38. The molecule has 5 nitrogen and oxygen atoms in total. The third kappa shape index (κ3) is 4.70. The number of hydrogen-bond donors (Lipinski definition) is 1. The van der Waals surface area contributed by atoms with E-state index in [9.17, 15) is 4.79 Å². The number of anilines is 2. The summed E-state index contributed by atoms with van der Waals surface area (Å²) in [6, 6.07) is 16.1. The lowest BCUT2D eigenvalue weighted by Gasteiger charge is -2.32. The molecule has 30 heavy (non-hydrogen) atoms. The first-order valence-electron chi connectivity index (χ1n) is 10.2. The molecule has 1 aliphatic rings. The van der Waals surface area contributed by atoms with Gasteiger partial charge in [-0.05, 0) is 56.5 Å². The van der Waals surface area contributed by atoms with Crippen LogP contribution in [0.4, 0.5) is 11.5 Å². The fourth-order valence-electron chi connectivity index (χ4n) is 3.70. The lowest BCUT2D eigenvalue weighted by Crippen LogP contribution is -2.38. The van der Waals surface area contributed by atoms with E-state index in [1.54, 1.807) is 0 Å². The minimum absolute atomic E-state index is 0.0172. The molecule has 4 rings (SSSR count). The van der Waals surface area contributed by atoms with Crippen molar-refractivity contribution in [3.05, 3.63) is 70.3 Å². The summed E-state index contributed by atoms with van der Waals surface area (Å²) in [5.74, 6) is 1.77. The van der Waals surface area contributed by atoms with Gasteiger partial charge in [-0.25, -0.2) is 9.97 Å². The first-order chi connectivity index (χ1) is 14.5. The van der Waals surface area contributed by atoms with E-state index in [2.05, 4.69) is 62.3 Å². The van der Waals surface area contributed by atoms with Crippen molar-refractivity contribution in [2.75, 3.05) is 23.3 Å². The van der Waals surface area contributed by atoms with E-state index in [0.717, 1.165) is 58.9 Å². The Morgan fingerprint density at radius 1 is 1.07 bits per heavy atom. The predicted octanol–water partition coefficient (Wildman–Crippen LogP) is 5.38. The van der Waals surface area contributed by atoms with Crippen molar-refractivity contribution in [1.29, 1.82) is 0 Å². The molecule has 1 amide bonds. The number of nitrogens with one attached hydrogen (secondary N) is 1. The maximum Gasteiger partial charge on any atom is 0.227 e. The van der Waals surface area contributed by atoms with Crippen LogP contribution in [0.25, 0.3) is 11.4 Å². The highest BCUT2D eigenvalue weighted by Gasteiger charge is 2.26. The largest absolute Gasteiger partial charge is 0.356 e. The third-order valence-electron chi connectivity index (χ3n) is 5.57. The van der Waals surface area contributed by atoms with Gasteiger partial charge in [0.2, 0.25) is 5.91 Å². The highest BCUT2D eigenvalue weighted by Crippen LogP contribution is 2.26. The van der Waals surface area contributed by atoms with Crippen molar-refractivity contribution >= 4 is 33.3 Å². The highest BCUT2D eigenvalue weighted by atomic mass is 79.9. The Morgan fingerprint density at radius 2 is 1.80 bits per heavy atom. The summed E-state index contributed by atoms with van der Waals surface area (Å²) < 4.78 is 1.05. The zero-order valence-corrected chi connectivity index (χ0v) is 18.8. The number of benzene rings is 2. The van der Waals surface area contributed by atoms with Crippen molar-refractivity contribution in [2.24, 2.45) is 5.92 Å². The maximum atomic E-state index is 12.7. The summed E-state index contributed by atoms with van der Waals surface area (Å²) >= 11 is 3.50. The SMILES string of the molecule is Cc1ccc(-c2nccc(N3CCC(C(=O)Nc4ccc(Br)c(C)c4)CC3)n2)cc1. The van der Waals surface area contributed by atoms with Crippen LogP contribution in [-0.2, 0) is 4.79 Å². The molecule has 0 unspecified atom stereocenters. The number of carbonyl (C=O) groups excluding carboxylic acids is 1. The van der Waals surface area contributed by atoms with Gasteiger partial charge >= 0.3 is 0 Å².